The van der Waals surface area contributed by atoms with Gasteiger partial charge in [-0.15, -0.1) is 11.3 Å². The van der Waals surface area contributed by atoms with Gasteiger partial charge < -0.3 is 10.0 Å². The molecule has 0 saturated heterocycles. The van der Waals surface area contributed by atoms with Gasteiger partial charge in [0.1, 0.15) is 4.88 Å². The zero-order chi connectivity index (χ0) is 22.9. The summed E-state index contributed by atoms with van der Waals surface area (Å²) in [5.74, 6) is -1.06. The summed E-state index contributed by atoms with van der Waals surface area (Å²) in [6.45, 7) is 5.72. The standard InChI is InChI=1S/C23H26F3NO3S/c1-13(2)27(21(28)15-10-8-14(3)9-11-15)18-12-19(31-20(18)22(29)30)16-6-4-5-7-17(16)23(24,25)26/h4-7,12-15H,8-11H2,1-3H3,(H,29,30). The minimum Gasteiger partial charge on any atom is -0.477 e. The van der Waals surface area contributed by atoms with Crippen molar-refractivity contribution in [3.05, 3.63) is 40.8 Å². The molecular formula is C23H26F3NO3S. The molecular weight excluding hydrogens is 427 g/mol. The number of rotatable bonds is 5. The summed E-state index contributed by atoms with van der Waals surface area (Å²) >= 11 is 0.768. The van der Waals surface area contributed by atoms with Gasteiger partial charge in [0.15, 0.2) is 0 Å². The summed E-state index contributed by atoms with van der Waals surface area (Å²) in [6, 6.07) is 6.18. The first-order valence-corrected chi connectivity index (χ1v) is 11.2. The number of alkyl halides is 3. The molecule has 168 valence electrons. The molecule has 1 aromatic heterocycles. The van der Waals surface area contributed by atoms with E-state index in [0.29, 0.717) is 5.92 Å². The highest BCUT2D eigenvalue weighted by atomic mass is 32.1. The Bertz CT molecular complexity index is 959. The third-order valence-corrected chi connectivity index (χ3v) is 6.93. The summed E-state index contributed by atoms with van der Waals surface area (Å²) in [5, 5.41) is 9.76. The molecule has 0 atom stereocenters. The van der Waals surface area contributed by atoms with Gasteiger partial charge in [0.25, 0.3) is 0 Å². The normalized spacial score (nSPS) is 19.5. The minimum absolute atomic E-state index is 0.0867. The summed E-state index contributed by atoms with van der Waals surface area (Å²) in [7, 11) is 0. The van der Waals surface area contributed by atoms with Crippen LogP contribution in [0.4, 0.5) is 18.9 Å². The number of carboxylic acid groups (broad SMARTS) is 1. The molecule has 4 nitrogen and oxygen atoms in total. The van der Waals surface area contributed by atoms with E-state index in [4.69, 9.17) is 0 Å². The number of carboxylic acids is 1. The molecule has 0 bridgehead atoms. The Hall–Kier alpha value is -2.35. The summed E-state index contributed by atoms with van der Waals surface area (Å²) in [6.07, 6.45) is -1.24. The van der Waals surface area contributed by atoms with Crippen LogP contribution in [0.2, 0.25) is 0 Å². The Labute approximate surface area is 183 Å². The van der Waals surface area contributed by atoms with E-state index in [1.807, 2.05) is 0 Å². The number of carbonyl (C=O) groups is 2. The Balaban J connectivity index is 2.07. The van der Waals surface area contributed by atoms with Crippen LogP contribution in [0.5, 0.6) is 0 Å². The molecule has 1 aliphatic carbocycles. The SMILES string of the molecule is CC1CCC(C(=O)N(c2cc(-c3ccccc3C(F)(F)F)sc2C(=O)O)C(C)C)CC1. The fraction of sp³-hybridized carbons (Fsp3) is 0.478. The third-order valence-electron chi connectivity index (χ3n) is 5.78. The first-order valence-electron chi connectivity index (χ1n) is 10.4. The monoisotopic (exact) mass is 453 g/mol. The van der Waals surface area contributed by atoms with Crippen molar-refractivity contribution in [1.82, 2.24) is 0 Å². The van der Waals surface area contributed by atoms with Crippen molar-refractivity contribution < 1.29 is 27.9 Å². The molecule has 31 heavy (non-hydrogen) atoms. The van der Waals surface area contributed by atoms with Crippen molar-refractivity contribution in [2.24, 2.45) is 11.8 Å². The first kappa shape index (κ1) is 23.3. The largest absolute Gasteiger partial charge is 0.477 e. The van der Waals surface area contributed by atoms with Gasteiger partial charge in [-0.25, -0.2) is 4.79 Å². The van der Waals surface area contributed by atoms with Gasteiger partial charge in [-0.1, -0.05) is 25.1 Å². The molecule has 0 spiro atoms. The molecule has 0 aliphatic heterocycles. The van der Waals surface area contributed by atoms with Crippen molar-refractivity contribution in [3.8, 4) is 10.4 Å². The van der Waals surface area contributed by atoms with Gasteiger partial charge in [-0.2, -0.15) is 13.2 Å². The number of anilines is 1. The topological polar surface area (TPSA) is 57.6 Å². The van der Waals surface area contributed by atoms with Crippen LogP contribution in [-0.4, -0.2) is 23.0 Å². The van der Waals surface area contributed by atoms with Crippen LogP contribution in [0.3, 0.4) is 0 Å². The van der Waals surface area contributed by atoms with Gasteiger partial charge in [-0.3, -0.25) is 4.79 Å². The molecule has 1 amide bonds. The highest BCUT2D eigenvalue weighted by molar-refractivity contribution is 7.18. The number of carbonyl (C=O) groups excluding carboxylic acids is 1. The lowest BCUT2D eigenvalue weighted by atomic mass is 9.82. The van der Waals surface area contributed by atoms with E-state index in [1.54, 1.807) is 13.8 Å². The predicted molar refractivity (Wildman–Crippen MR) is 115 cm³/mol. The van der Waals surface area contributed by atoms with E-state index in [-0.39, 0.29) is 38.9 Å². The van der Waals surface area contributed by atoms with Crippen LogP contribution in [0, 0.1) is 11.8 Å². The highest BCUT2D eigenvalue weighted by Gasteiger charge is 2.36. The zero-order valence-corrected chi connectivity index (χ0v) is 18.5. The second-order valence-corrected chi connectivity index (χ2v) is 9.48. The Morgan fingerprint density at radius 1 is 1.13 bits per heavy atom. The van der Waals surface area contributed by atoms with E-state index in [1.165, 1.54) is 29.2 Å². The van der Waals surface area contributed by atoms with Crippen molar-refractivity contribution in [2.75, 3.05) is 4.90 Å². The van der Waals surface area contributed by atoms with Crippen molar-refractivity contribution >= 4 is 28.9 Å². The fourth-order valence-electron chi connectivity index (χ4n) is 4.15. The molecule has 3 rings (SSSR count). The molecule has 8 heteroatoms. The van der Waals surface area contributed by atoms with E-state index in [2.05, 4.69) is 6.92 Å². The smallest absolute Gasteiger partial charge is 0.417 e. The summed E-state index contributed by atoms with van der Waals surface area (Å²) in [5.41, 5.74) is -0.747. The highest BCUT2D eigenvalue weighted by Crippen LogP contribution is 2.44. The van der Waals surface area contributed by atoms with E-state index < -0.39 is 17.7 Å². The first-order chi connectivity index (χ1) is 14.5. The van der Waals surface area contributed by atoms with Gasteiger partial charge >= 0.3 is 12.1 Å². The van der Waals surface area contributed by atoms with Crippen LogP contribution in [0.25, 0.3) is 10.4 Å². The maximum atomic E-state index is 13.5. The Morgan fingerprint density at radius 3 is 2.29 bits per heavy atom. The number of aromatic carboxylic acids is 1. The summed E-state index contributed by atoms with van der Waals surface area (Å²) < 4.78 is 40.5. The number of halogens is 3. The maximum absolute atomic E-state index is 13.5. The Kier molecular flexibility index (Phi) is 6.79. The average Bonchev–Trinajstić information content (AvgIpc) is 3.12. The molecule has 2 aromatic rings. The van der Waals surface area contributed by atoms with Crippen LogP contribution >= 0.6 is 11.3 Å². The van der Waals surface area contributed by atoms with Crippen LogP contribution in [0.15, 0.2) is 30.3 Å². The molecule has 1 aliphatic rings. The molecule has 0 radical (unpaired) electrons. The third kappa shape index (κ3) is 4.95. The van der Waals surface area contributed by atoms with E-state index in [0.717, 1.165) is 43.1 Å². The number of hydrogen-bond donors (Lipinski definition) is 1. The number of nitrogens with zero attached hydrogens (tertiary/aromatic N) is 1. The minimum atomic E-state index is -4.57. The average molecular weight is 454 g/mol. The second kappa shape index (κ2) is 9.02. The molecule has 1 fully saturated rings. The van der Waals surface area contributed by atoms with Gasteiger partial charge in [-0.05, 0) is 57.6 Å². The van der Waals surface area contributed by atoms with Gasteiger partial charge in [0.2, 0.25) is 5.91 Å². The lowest BCUT2D eigenvalue weighted by molar-refractivity contribution is -0.137. The molecule has 1 N–H and O–H groups in total. The molecule has 0 unspecified atom stereocenters. The molecule has 1 heterocycles. The lowest BCUT2D eigenvalue weighted by Gasteiger charge is -2.33. The predicted octanol–water partition coefficient (Wildman–Crippen LogP) is 6.70. The number of thiophene rings is 1. The van der Waals surface area contributed by atoms with Crippen LogP contribution in [-0.2, 0) is 11.0 Å². The van der Waals surface area contributed by atoms with Crippen LogP contribution in [0.1, 0.15) is 61.7 Å². The number of hydrogen-bond acceptors (Lipinski definition) is 3. The lowest BCUT2D eigenvalue weighted by Crippen LogP contribution is -2.42. The van der Waals surface area contributed by atoms with Crippen LogP contribution < -0.4 is 4.90 Å². The second-order valence-electron chi connectivity index (χ2n) is 8.43. The maximum Gasteiger partial charge on any atom is 0.417 e. The fourth-order valence-corrected chi connectivity index (χ4v) is 5.17. The number of benzene rings is 1. The Morgan fingerprint density at radius 2 is 1.74 bits per heavy atom. The van der Waals surface area contributed by atoms with Crippen molar-refractivity contribution in [3.63, 3.8) is 0 Å². The van der Waals surface area contributed by atoms with E-state index >= 15 is 0 Å². The molecule has 1 saturated carbocycles. The van der Waals surface area contributed by atoms with Gasteiger partial charge in [0.05, 0.1) is 11.3 Å². The molecule has 1 aromatic carbocycles. The quantitative estimate of drug-likeness (QED) is 0.548. The number of amides is 1. The van der Waals surface area contributed by atoms with E-state index in [9.17, 15) is 27.9 Å². The van der Waals surface area contributed by atoms with Crippen molar-refractivity contribution in [2.45, 2.75) is 58.7 Å². The zero-order valence-electron chi connectivity index (χ0n) is 17.7. The van der Waals surface area contributed by atoms with Crippen molar-refractivity contribution in [1.29, 1.82) is 0 Å². The van der Waals surface area contributed by atoms with Gasteiger partial charge in [0, 0.05) is 22.4 Å². The summed E-state index contributed by atoms with van der Waals surface area (Å²) in [4.78, 5) is 26.8.